The third kappa shape index (κ3) is 4.56. The van der Waals surface area contributed by atoms with Gasteiger partial charge < -0.3 is 10.8 Å². The zero-order valence-corrected chi connectivity index (χ0v) is 20.4. The van der Waals surface area contributed by atoms with Gasteiger partial charge >= 0.3 is 0 Å². The molecule has 0 atom stereocenters. The summed E-state index contributed by atoms with van der Waals surface area (Å²) >= 11 is 0. The van der Waals surface area contributed by atoms with Crippen LogP contribution in [0.1, 0.15) is 16.7 Å². The fourth-order valence-corrected chi connectivity index (χ4v) is 5.48. The third-order valence-corrected chi connectivity index (χ3v) is 7.28. The van der Waals surface area contributed by atoms with E-state index in [0.717, 1.165) is 17.7 Å². The first-order valence-corrected chi connectivity index (χ1v) is 13.0. The van der Waals surface area contributed by atoms with Crippen LogP contribution in [0.4, 0.5) is 17.1 Å². The molecule has 4 rings (SSSR count). The maximum Gasteiger partial charge on any atom is 0.296 e. The van der Waals surface area contributed by atoms with Gasteiger partial charge in [0.2, 0.25) is 0 Å². The molecule has 4 aromatic rings. The van der Waals surface area contributed by atoms with Gasteiger partial charge in [0.15, 0.2) is 5.75 Å². The summed E-state index contributed by atoms with van der Waals surface area (Å²) in [7, 11) is -9.47. The van der Waals surface area contributed by atoms with E-state index in [1.54, 1.807) is 26.0 Å². The quantitative estimate of drug-likeness (QED) is 0.164. The Kier molecular flexibility index (Phi) is 5.80. The van der Waals surface area contributed by atoms with Gasteiger partial charge in [-0.05, 0) is 78.6 Å². The molecule has 0 radical (unpaired) electrons. The van der Waals surface area contributed by atoms with Crippen LogP contribution >= 0.6 is 0 Å². The van der Waals surface area contributed by atoms with E-state index in [4.69, 9.17) is 5.73 Å². The topological polar surface area (TPSA) is 180 Å². The van der Waals surface area contributed by atoms with Gasteiger partial charge in [-0.25, -0.2) is 0 Å². The van der Waals surface area contributed by atoms with Crippen molar-refractivity contribution in [1.82, 2.24) is 0 Å². The van der Waals surface area contributed by atoms with Crippen LogP contribution in [0.3, 0.4) is 0 Å². The lowest BCUT2D eigenvalue weighted by Gasteiger charge is -2.12. The van der Waals surface area contributed by atoms with E-state index in [0.29, 0.717) is 27.6 Å². The number of phenolic OH excluding ortho intramolecular Hbond substituents is 1. The standard InChI is InChI=1S/C23H21N3O7S2/c1-11-5-15-8-13(3)22(23(27)21(15)17(24)6-11)26-25-18-10-16-14(9-20(18)35(31,32)33)4-12(2)7-19(16)34(28,29)30/h4-10,27H,24H2,1-3H3,(H,28,29,30)(H,31,32,33). The van der Waals surface area contributed by atoms with E-state index < -0.39 is 35.7 Å². The van der Waals surface area contributed by atoms with Crippen molar-refractivity contribution in [2.24, 2.45) is 10.2 Å². The van der Waals surface area contributed by atoms with E-state index in [1.165, 1.54) is 12.1 Å². The highest BCUT2D eigenvalue weighted by Gasteiger charge is 2.22. The molecule has 0 amide bonds. The average Bonchev–Trinajstić information content (AvgIpc) is 2.70. The predicted octanol–water partition coefficient (Wildman–Crippen LogP) is 5.11. The Morgan fingerprint density at radius 1 is 0.743 bits per heavy atom. The number of rotatable bonds is 4. The number of aromatic hydroxyl groups is 1. The second-order valence-corrected chi connectivity index (χ2v) is 11.1. The molecule has 0 aliphatic heterocycles. The number of aryl methyl sites for hydroxylation is 3. The number of fused-ring (bicyclic) bond motifs is 2. The lowest BCUT2D eigenvalue weighted by Crippen LogP contribution is -2.02. The summed E-state index contributed by atoms with van der Waals surface area (Å²) in [5, 5.41) is 19.9. The van der Waals surface area contributed by atoms with Crippen LogP contribution < -0.4 is 5.73 Å². The SMILES string of the molecule is Cc1cc(S(=O)(=O)O)c2cc(N=Nc3c(C)cc4cc(C)cc(N)c4c3O)c(S(=O)(=O)O)cc2c1. The Balaban J connectivity index is 2.01. The predicted molar refractivity (Wildman–Crippen MR) is 132 cm³/mol. The molecule has 0 unspecified atom stereocenters. The molecule has 0 saturated heterocycles. The lowest BCUT2D eigenvalue weighted by molar-refractivity contribution is 0.481. The van der Waals surface area contributed by atoms with Crippen LogP contribution in [0.15, 0.2) is 62.5 Å². The van der Waals surface area contributed by atoms with Gasteiger partial charge in [-0.3, -0.25) is 9.11 Å². The molecule has 4 aromatic carbocycles. The van der Waals surface area contributed by atoms with Gasteiger partial charge in [0.1, 0.15) is 21.2 Å². The van der Waals surface area contributed by atoms with E-state index in [2.05, 4.69) is 10.2 Å². The van der Waals surface area contributed by atoms with Crippen LogP contribution in [0.2, 0.25) is 0 Å². The highest BCUT2D eigenvalue weighted by molar-refractivity contribution is 7.86. The Hall–Kier alpha value is -3.58. The maximum absolute atomic E-state index is 12.1. The molecular weight excluding hydrogens is 494 g/mol. The summed E-state index contributed by atoms with van der Waals surface area (Å²) < 4.78 is 67.5. The van der Waals surface area contributed by atoms with Gasteiger partial charge in [0, 0.05) is 16.5 Å². The summed E-state index contributed by atoms with van der Waals surface area (Å²) in [5.74, 6) is -0.273. The number of phenols is 1. The van der Waals surface area contributed by atoms with Crippen molar-refractivity contribution in [3.05, 3.63) is 59.2 Å². The van der Waals surface area contributed by atoms with E-state index in [9.17, 15) is 31.0 Å². The van der Waals surface area contributed by atoms with Crippen LogP contribution in [0.5, 0.6) is 5.75 Å². The Bertz CT molecular complexity index is 1800. The van der Waals surface area contributed by atoms with E-state index >= 15 is 0 Å². The molecule has 10 nitrogen and oxygen atoms in total. The summed E-state index contributed by atoms with van der Waals surface area (Å²) in [4.78, 5) is -1.09. The van der Waals surface area contributed by atoms with Gasteiger partial charge in [0.25, 0.3) is 20.2 Å². The monoisotopic (exact) mass is 515 g/mol. The molecule has 0 aliphatic rings. The van der Waals surface area contributed by atoms with Crippen LogP contribution in [0.25, 0.3) is 21.5 Å². The van der Waals surface area contributed by atoms with Crippen molar-refractivity contribution in [3.63, 3.8) is 0 Å². The Labute approximate surface area is 201 Å². The van der Waals surface area contributed by atoms with Crippen LogP contribution in [0, 0.1) is 20.8 Å². The van der Waals surface area contributed by atoms with Crippen LogP contribution in [-0.4, -0.2) is 31.0 Å². The number of nitrogens with zero attached hydrogens (tertiary/aromatic N) is 2. The minimum absolute atomic E-state index is 0.00773. The van der Waals surface area contributed by atoms with E-state index in [1.807, 2.05) is 13.0 Å². The normalized spacial score (nSPS) is 12.7. The molecule has 0 aromatic heterocycles. The summed E-state index contributed by atoms with van der Waals surface area (Å²) in [6, 6.07) is 10.1. The minimum Gasteiger partial charge on any atom is -0.505 e. The minimum atomic E-state index is -4.81. The number of hydrogen-bond donors (Lipinski definition) is 4. The summed E-state index contributed by atoms with van der Waals surface area (Å²) in [6.07, 6.45) is 0. The van der Waals surface area contributed by atoms with Crippen molar-refractivity contribution < 1.29 is 31.0 Å². The van der Waals surface area contributed by atoms with Crippen molar-refractivity contribution in [2.45, 2.75) is 30.6 Å². The Morgan fingerprint density at radius 2 is 1.34 bits per heavy atom. The molecule has 0 bridgehead atoms. The molecule has 0 aliphatic carbocycles. The fraction of sp³-hybridized carbons (Fsp3) is 0.130. The molecular formula is C23H21N3O7S2. The first-order valence-electron chi connectivity index (χ1n) is 10.1. The second-order valence-electron chi connectivity index (χ2n) is 8.30. The van der Waals surface area contributed by atoms with Crippen molar-refractivity contribution >= 4 is 58.8 Å². The molecule has 12 heteroatoms. The highest BCUT2D eigenvalue weighted by Crippen LogP contribution is 2.42. The molecule has 35 heavy (non-hydrogen) atoms. The van der Waals surface area contributed by atoms with Crippen molar-refractivity contribution in [1.29, 1.82) is 0 Å². The summed E-state index contributed by atoms with van der Waals surface area (Å²) in [6.45, 7) is 5.08. The number of azo groups is 1. The molecule has 5 N–H and O–H groups in total. The third-order valence-electron chi connectivity index (χ3n) is 5.50. The molecule has 182 valence electrons. The lowest BCUT2D eigenvalue weighted by atomic mass is 10.0. The number of benzene rings is 4. The second kappa shape index (κ2) is 8.27. The first kappa shape index (κ1) is 24.5. The zero-order valence-electron chi connectivity index (χ0n) is 18.8. The number of hydrogen-bond acceptors (Lipinski definition) is 8. The average molecular weight is 516 g/mol. The largest absolute Gasteiger partial charge is 0.505 e. The number of nitrogens with two attached hydrogens (primary N) is 1. The molecule has 0 heterocycles. The Morgan fingerprint density at radius 3 is 1.97 bits per heavy atom. The van der Waals surface area contributed by atoms with Crippen LogP contribution in [-0.2, 0) is 20.2 Å². The van der Waals surface area contributed by atoms with Crippen molar-refractivity contribution in [3.8, 4) is 5.75 Å². The van der Waals surface area contributed by atoms with Gasteiger partial charge in [-0.1, -0.05) is 12.1 Å². The van der Waals surface area contributed by atoms with E-state index in [-0.39, 0.29) is 22.2 Å². The fourth-order valence-electron chi connectivity index (χ4n) is 4.05. The van der Waals surface area contributed by atoms with Gasteiger partial charge in [0.05, 0.1) is 0 Å². The molecule has 0 saturated carbocycles. The highest BCUT2D eigenvalue weighted by atomic mass is 32.2. The number of nitrogen functional groups attached to an aromatic ring is 1. The zero-order chi connectivity index (χ0) is 25.9. The van der Waals surface area contributed by atoms with Gasteiger partial charge in [-0.2, -0.15) is 16.8 Å². The summed E-state index contributed by atoms with van der Waals surface area (Å²) in [5.41, 5.74) is 7.83. The molecule has 0 fully saturated rings. The van der Waals surface area contributed by atoms with Gasteiger partial charge in [-0.15, -0.1) is 10.2 Å². The molecule has 0 spiro atoms. The van der Waals surface area contributed by atoms with Crippen molar-refractivity contribution in [2.75, 3.05) is 5.73 Å². The first-order chi connectivity index (χ1) is 16.2. The number of anilines is 1. The maximum atomic E-state index is 12.1. The smallest absolute Gasteiger partial charge is 0.296 e.